The van der Waals surface area contributed by atoms with Crippen LogP contribution in [-0.2, 0) is 0 Å². The van der Waals surface area contributed by atoms with Gasteiger partial charge in [0.15, 0.2) is 0 Å². The second kappa shape index (κ2) is 7.30. The fourth-order valence-electron chi connectivity index (χ4n) is 1.94. The molecule has 0 aliphatic carbocycles. The van der Waals surface area contributed by atoms with Gasteiger partial charge >= 0.3 is 0 Å². The number of halogens is 2. The van der Waals surface area contributed by atoms with Gasteiger partial charge in [0.05, 0.1) is 15.6 Å². The maximum Gasteiger partial charge on any atom is 0.255 e. The third kappa shape index (κ3) is 4.37. The van der Waals surface area contributed by atoms with Crippen LogP contribution in [0.25, 0.3) is 0 Å². The number of amides is 1. The zero-order chi connectivity index (χ0) is 15.3. The van der Waals surface area contributed by atoms with Crippen molar-refractivity contribution < 1.29 is 4.79 Å². The average molecular weight is 317 g/mol. The largest absolute Gasteiger partial charge is 0.338 e. The van der Waals surface area contributed by atoms with E-state index in [0.29, 0.717) is 35.2 Å². The van der Waals surface area contributed by atoms with Crippen LogP contribution in [-0.4, -0.2) is 30.4 Å². The van der Waals surface area contributed by atoms with E-state index in [1.807, 2.05) is 20.8 Å². The lowest BCUT2D eigenvalue weighted by Gasteiger charge is -2.32. The Kier molecular flexibility index (Phi) is 6.31. The van der Waals surface area contributed by atoms with Crippen LogP contribution in [0, 0.1) is 5.41 Å². The number of nitrogens with zero attached hydrogens (tertiary/aromatic N) is 1. The molecule has 0 radical (unpaired) electrons. The molecule has 0 bridgehead atoms. The Morgan fingerprint density at radius 2 is 2.00 bits per heavy atom. The fraction of sp³-hybridized carbons (Fsp3) is 0.533. The van der Waals surface area contributed by atoms with Gasteiger partial charge in [-0.15, -0.1) is 0 Å². The van der Waals surface area contributed by atoms with Crippen molar-refractivity contribution in [2.45, 2.75) is 27.2 Å². The van der Waals surface area contributed by atoms with Crippen molar-refractivity contribution in [2.75, 3.05) is 19.6 Å². The van der Waals surface area contributed by atoms with Crippen LogP contribution in [0.4, 0.5) is 0 Å². The van der Waals surface area contributed by atoms with Gasteiger partial charge in [-0.2, -0.15) is 0 Å². The highest BCUT2D eigenvalue weighted by molar-refractivity contribution is 6.43. The topological polar surface area (TPSA) is 46.3 Å². The molecule has 0 spiro atoms. The summed E-state index contributed by atoms with van der Waals surface area (Å²) in [6.07, 6.45) is 0.880. The second-order valence-electron chi connectivity index (χ2n) is 5.70. The predicted octanol–water partition coefficient (Wildman–Crippen LogP) is 3.83. The first-order chi connectivity index (χ1) is 9.32. The molecule has 0 saturated carbocycles. The molecule has 0 aliphatic heterocycles. The van der Waals surface area contributed by atoms with Crippen molar-refractivity contribution >= 4 is 29.1 Å². The van der Waals surface area contributed by atoms with Crippen molar-refractivity contribution in [2.24, 2.45) is 11.1 Å². The Balaban J connectivity index is 3.02. The molecule has 1 aromatic carbocycles. The molecule has 2 N–H and O–H groups in total. The Hall–Kier alpha value is -0.770. The van der Waals surface area contributed by atoms with Crippen molar-refractivity contribution in [3.63, 3.8) is 0 Å². The lowest BCUT2D eigenvalue weighted by atomic mass is 9.92. The molecular formula is C15H22Cl2N2O. The van der Waals surface area contributed by atoms with Crippen LogP contribution < -0.4 is 5.73 Å². The smallest absolute Gasteiger partial charge is 0.255 e. The zero-order valence-electron chi connectivity index (χ0n) is 12.2. The summed E-state index contributed by atoms with van der Waals surface area (Å²) in [6.45, 7) is 7.91. The van der Waals surface area contributed by atoms with E-state index in [1.54, 1.807) is 23.1 Å². The van der Waals surface area contributed by atoms with Gasteiger partial charge < -0.3 is 10.6 Å². The molecule has 112 valence electrons. The third-order valence-electron chi connectivity index (χ3n) is 3.13. The maximum absolute atomic E-state index is 12.6. The predicted molar refractivity (Wildman–Crippen MR) is 85.5 cm³/mol. The number of hydrogen-bond donors (Lipinski definition) is 1. The summed E-state index contributed by atoms with van der Waals surface area (Å²) in [6, 6.07) is 5.11. The van der Waals surface area contributed by atoms with Crippen molar-refractivity contribution in [1.29, 1.82) is 0 Å². The van der Waals surface area contributed by atoms with Gasteiger partial charge in [0.1, 0.15) is 0 Å². The van der Waals surface area contributed by atoms with E-state index >= 15 is 0 Å². The van der Waals surface area contributed by atoms with Crippen LogP contribution in [0.3, 0.4) is 0 Å². The molecule has 1 rings (SSSR count). The molecule has 1 amide bonds. The van der Waals surface area contributed by atoms with Crippen LogP contribution in [0.1, 0.15) is 37.6 Å². The van der Waals surface area contributed by atoms with E-state index in [2.05, 4.69) is 0 Å². The maximum atomic E-state index is 12.6. The van der Waals surface area contributed by atoms with Crippen molar-refractivity contribution in [1.82, 2.24) is 4.90 Å². The molecule has 3 nitrogen and oxygen atoms in total. The van der Waals surface area contributed by atoms with Gasteiger partial charge in [0.2, 0.25) is 0 Å². The summed E-state index contributed by atoms with van der Waals surface area (Å²) in [5.41, 5.74) is 6.07. The van der Waals surface area contributed by atoms with Gasteiger partial charge in [-0.05, 0) is 30.5 Å². The van der Waals surface area contributed by atoms with Gasteiger partial charge in [-0.25, -0.2) is 0 Å². The molecule has 1 aromatic rings. The molecule has 5 heteroatoms. The molecule has 0 atom stereocenters. The third-order valence-corrected chi connectivity index (χ3v) is 3.95. The summed E-state index contributed by atoms with van der Waals surface area (Å²) in [4.78, 5) is 14.4. The molecule has 0 heterocycles. The number of carbonyl (C=O) groups is 1. The van der Waals surface area contributed by atoms with Crippen molar-refractivity contribution in [3.8, 4) is 0 Å². The summed E-state index contributed by atoms with van der Waals surface area (Å²) in [7, 11) is 0. The molecule has 0 saturated heterocycles. The van der Waals surface area contributed by atoms with Gasteiger partial charge in [0.25, 0.3) is 5.91 Å². The highest BCUT2D eigenvalue weighted by Crippen LogP contribution is 2.27. The average Bonchev–Trinajstić information content (AvgIpc) is 2.40. The number of benzene rings is 1. The van der Waals surface area contributed by atoms with Gasteiger partial charge in [-0.1, -0.05) is 50.0 Å². The minimum absolute atomic E-state index is 0.0964. The number of rotatable bonds is 6. The highest BCUT2D eigenvalue weighted by Gasteiger charge is 2.25. The first-order valence-electron chi connectivity index (χ1n) is 6.75. The summed E-state index contributed by atoms with van der Waals surface area (Å²) < 4.78 is 0. The highest BCUT2D eigenvalue weighted by atomic mass is 35.5. The van der Waals surface area contributed by atoms with E-state index in [0.717, 1.165) is 6.42 Å². The summed E-state index contributed by atoms with van der Waals surface area (Å²) in [5, 5.41) is 0.706. The van der Waals surface area contributed by atoms with E-state index in [4.69, 9.17) is 28.9 Å². The molecule has 0 unspecified atom stereocenters. The number of hydrogen-bond acceptors (Lipinski definition) is 2. The molecule has 0 aromatic heterocycles. The minimum Gasteiger partial charge on any atom is -0.338 e. The molecule has 0 aliphatic rings. The van der Waals surface area contributed by atoms with Crippen molar-refractivity contribution in [3.05, 3.63) is 33.8 Å². The van der Waals surface area contributed by atoms with Crippen LogP contribution >= 0.6 is 23.2 Å². The quantitative estimate of drug-likeness (QED) is 0.867. The molecular weight excluding hydrogens is 295 g/mol. The van der Waals surface area contributed by atoms with E-state index < -0.39 is 0 Å². The van der Waals surface area contributed by atoms with Crippen LogP contribution in [0.2, 0.25) is 10.0 Å². The number of carbonyl (C=O) groups excluding carboxylic acids is 1. The minimum atomic E-state index is -0.129. The van der Waals surface area contributed by atoms with Crippen LogP contribution in [0.15, 0.2) is 18.2 Å². The standard InChI is InChI=1S/C15H22Cl2N2O/c1-4-8-19(10-15(2,3)9-18)14(20)11-6-5-7-12(16)13(11)17/h5-7H,4,8-10,18H2,1-3H3. The lowest BCUT2D eigenvalue weighted by molar-refractivity contribution is 0.0689. The van der Waals surface area contributed by atoms with E-state index in [1.165, 1.54) is 0 Å². The normalized spacial score (nSPS) is 11.5. The monoisotopic (exact) mass is 316 g/mol. The SMILES string of the molecule is CCCN(CC(C)(C)CN)C(=O)c1cccc(Cl)c1Cl. The van der Waals surface area contributed by atoms with E-state index in [-0.39, 0.29) is 11.3 Å². The zero-order valence-corrected chi connectivity index (χ0v) is 13.8. The lowest BCUT2D eigenvalue weighted by Crippen LogP contribution is -2.42. The molecule has 0 fully saturated rings. The van der Waals surface area contributed by atoms with E-state index in [9.17, 15) is 4.79 Å². The second-order valence-corrected chi connectivity index (χ2v) is 6.48. The fourth-order valence-corrected chi connectivity index (χ4v) is 2.32. The molecule has 20 heavy (non-hydrogen) atoms. The first kappa shape index (κ1) is 17.3. The number of nitrogens with two attached hydrogens (primary N) is 1. The Morgan fingerprint density at radius 1 is 1.35 bits per heavy atom. The Labute approximate surface area is 131 Å². The summed E-state index contributed by atoms with van der Waals surface area (Å²) >= 11 is 12.1. The van der Waals surface area contributed by atoms with Gasteiger partial charge in [0, 0.05) is 13.1 Å². The Morgan fingerprint density at radius 3 is 2.55 bits per heavy atom. The summed E-state index contributed by atoms with van der Waals surface area (Å²) in [5.74, 6) is -0.0964. The van der Waals surface area contributed by atoms with Crippen LogP contribution in [0.5, 0.6) is 0 Å². The van der Waals surface area contributed by atoms with Gasteiger partial charge in [-0.3, -0.25) is 4.79 Å². The first-order valence-corrected chi connectivity index (χ1v) is 7.51. The Bertz CT molecular complexity index is 475.